The van der Waals surface area contributed by atoms with Crippen LogP contribution in [-0.4, -0.2) is 42.4 Å². The lowest BCUT2D eigenvalue weighted by molar-refractivity contribution is -0.384. The van der Waals surface area contributed by atoms with Crippen molar-refractivity contribution in [2.24, 2.45) is 11.5 Å². The molecule has 0 radical (unpaired) electrons. The van der Waals surface area contributed by atoms with Crippen molar-refractivity contribution < 1.29 is 23.9 Å². The second-order valence-electron chi connectivity index (χ2n) is 13.6. The van der Waals surface area contributed by atoms with Gasteiger partial charge >= 0.3 is 0 Å². The topological polar surface area (TPSA) is 200 Å². The van der Waals surface area contributed by atoms with Crippen molar-refractivity contribution in [3.63, 3.8) is 0 Å². The Labute approximate surface area is 315 Å². The van der Waals surface area contributed by atoms with Crippen LogP contribution >= 0.6 is 0 Å². The minimum absolute atomic E-state index is 0.0410. The number of aromatic nitrogens is 1. The van der Waals surface area contributed by atoms with Crippen LogP contribution in [-0.2, 0) is 10.3 Å². The van der Waals surface area contributed by atoms with Crippen molar-refractivity contribution in [3.05, 3.63) is 118 Å². The predicted octanol–water partition coefficient (Wildman–Crippen LogP) is 8.00. The lowest BCUT2D eigenvalue weighted by atomic mass is 9.80. The van der Waals surface area contributed by atoms with E-state index in [0.717, 1.165) is 68.1 Å². The van der Waals surface area contributed by atoms with Gasteiger partial charge in [0.2, 0.25) is 0 Å². The predicted molar refractivity (Wildman–Crippen MR) is 215 cm³/mol. The van der Waals surface area contributed by atoms with E-state index < -0.39 is 16.6 Å². The summed E-state index contributed by atoms with van der Waals surface area (Å²) in [6, 6.07) is 23.5. The smallest absolute Gasteiger partial charge is 0.269 e. The molecule has 0 saturated heterocycles. The molecule has 0 spiro atoms. The van der Waals surface area contributed by atoms with Gasteiger partial charge < -0.3 is 46.9 Å². The number of H-pyrrole nitrogens is 1. The molecule has 1 aromatic heterocycles. The van der Waals surface area contributed by atoms with Crippen molar-refractivity contribution in [2.45, 2.75) is 63.0 Å². The molecule has 1 heterocycles. The average molecular weight is 735 g/mol. The van der Waals surface area contributed by atoms with E-state index in [4.69, 9.17) is 41.9 Å². The van der Waals surface area contributed by atoms with Crippen molar-refractivity contribution >= 4 is 38.9 Å². The van der Waals surface area contributed by atoms with Crippen molar-refractivity contribution in [3.8, 4) is 17.2 Å². The molecule has 6 rings (SSSR count). The number of nitrogens with zero attached hydrogens (tertiary/aromatic N) is 1. The third kappa shape index (κ3) is 9.07. The van der Waals surface area contributed by atoms with E-state index in [1.807, 2.05) is 18.2 Å². The number of hydrogen-bond acceptors (Lipinski definition) is 10. The minimum atomic E-state index is -1.11. The van der Waals surface area contributed by atoms with Crippen LogP contribution in [0.4, 0.5) is 17.1 Å². The first kappa shape index (κ1) is 38.0. The Morgan fingerprint density at radius 1 is 0.704 bits per heavy atom. The molecule has 0 bridgehead atoms. The highest BCUT2D eigenvalue weighted by molar-refractivity contribution is 6.07. The quantitative estimate of drug-likeness (QED) is 0.0226. The molecule has 12 heteroatoms. The Bertz CT molecular complexity index is 2100. The molecule has 12 nitrogen and oxygen atoms in total. The zero-order valence-corrected chi connectivity index (χ0v) is 30.5. The van der Waals surface area contributed by atoms with Crippen LogP contribution in [0, 0.1) is 10.1 Å². The first-order valence-corrected chi connectivity index (χ1v) is 18.6. The van der Waals surface area contributed by atoms with Crippen LogP contribution in [0.5, 0.6) is 17.2 Å². The number of nitrogens with one attached hydrogen (secondary N) is 1. The number of benzene rings is 4. The Hall–Kier alpha value is -5.72. The van der Waals surface area contributed by atoms with Crippen molar-refractivity contribution in [1.29, 1.82) is 0 Å². The van der Waals surface area contributed by atoms with E-state index in [9.17, 15) is 10.1 Å². The maximum atomic E-state index is 10.8. The van der Waals surface area contributed by atoms with Crippen molar-refractivity contribution in [1.82, 2.24) is 4.98 Å². The molecule has 5 aromatic rings. The molecule has 9 N–H and O–H groups in total. The molecule has 1 aliphatic rings. The van der Waals surface area contributed by atoms with Gasteiger partial charge in [0.25, 0.3) is 5.69 Å². The molecule has 54 heavy (non-hydrogen) atoms. The van der Waals surface area contributed by atoms with E-state index in [1.54, 1.807) is 36.4 Å². The number of aromatic amines is 1. The number of para-hydroxylation sites is 1. The average Bonchev–Trinajstić information content (AvgIpc) is 3.54. The lowest BCUT2D eigenvalue weighted by Gasteiger charge is -2.39. The summed E-state index contributed by atoms with van der Waals surface area (Å²) in [7, 11) is 0. The van der Waals surface area contributed by atoms with Gasteiger partial charge in [-0.15, -0.1) is 0 Å². The number of nitro benzene ring substituents is 1. The van der Waals surface area contributed by atoms with Gasteiger partial charge in [0.15, 0.2) is 0 Å². The monoisotopic (exact) mass is 734 g/mol. The SMILES string of the molecule is NC1=CC(N)C(OCCCCCCOc2ccc3c(c2)[nH]c2ccccc23)(c2c(N)ccc(OCCCCCCOc3ccc([N+](=O)[O-])cc3)c2N)C=C1. The fourth-order valence-corrected chi connectivity index (χ4v) is 6.87. The molecular weight excluding hydrogens is 684 g/mol. The van der Waals surface area contributed by atoms with Crippen LogP contribution in [0.1, 0.15) is 56.9 Å². The fourth-order valence-electron chi connectivity index (χ4n) is 6.87. The normalized spacial score (nSPS) is 16.8. The first-order valence-electron chi connectivity index (χ1n) is 18.6. The highest BCUT2D eigenvalue weighted by Gasteiger charge is 2.42. The summed E-state index contributed by atoms with van der Waals surface area (Å²) in [4.78, 5) is 13.9. The van der Waals surface area contributed by atoms with Gasteiger partial charge in [-0.25, -0.2) is 0 Å². The number of fused-ring (bicyclic) bond motifs is 3. The number of rotatable bonds is 20. The van der Waals surface area contributed by atoms with Crippen molar-refractivity contribution in [2.75, 3.05) is 37.9 Å². The zero-order chi connectivity index (χ0) is 37.9. The van der Waals surface area contributed by atoms with Gasteiger partial charge in [-0.05, 0) is 106 Å². The number of hydrogen-bond donors (Lipinski definition) is 5. The van der Waals surface area contributed by atoms with E-state index >= 15 is 0 Å². The van der Waals surface area contributed by atoms with Gasteiger partial charge in [-0.1, -0.05) is 24.6 Å². The molecule has 284 valence electrons. The largest absolute Gasteiger partial charge is 0.494 e. The highest BCUT2D eigenvalue weighted by Crippen LogP contribution is 2.44. The number of allylic oxidation sites excluding steroid dienone is 1. The summed E-state index contributed by atoms with van der Waals surface area (Å²) >= 11 is 0. The Balaban J connectivity index is 0.948. The molecule has 2 atom stereocenters. The van der Waals surface area contributed by atoms with E-state index in [2.05, 4.69) is 35.3 Å². The maximum Gasteiger partial charge on any atom is 0.269 e. The molecule has 0 aliphatic heterocycles. The van der Waals surface area contributed by atoms with Gasteiger partial charge in [0.05, 0.1) is 42.0 Å². The highest BCUT2D eigenvalue weighted by atomic mass is 16.6. The van der Waals surface area contributed by atoms with Crippen LogP contribution < -0.4 is 37.1 Å². The van der Waals surface area contributed by atoms with Crippen LogP contribution in [0.15, 0.2) is 103 Å². The Kier molecular flexibility index (Phi) is 12.6. The summed E-state index contributed by atoms with van der Waals surface area (Å²) < 4.78 is 24.5. The summed E-state index contributed by atoms with van der Waals surface area (Å²) in [5.41, 5.74) is 29.2. The zero-order valence-electron chi connectivity index (χ0n) is 30.5. The number of nitrogen functional groups attached to an aromatic ring is 2. The van der Waals surface area contributed by atoms with Crippen LogP contribution in [0.25, 0.3) is 21.8 Å². The molecule has 0 amide bonds. The van der Waals surface area contributed by atoms with Gasteiger partial charge in [0, 0.05) is 58.0 Å². The summed E-state index contributed by atoms with van der Waals surface area (Å²) in [5.74, 6) is 1.99. The number of non-ortho nitro benzene ring substituents is 1. The maximum absolute atomic E-state index is 10.8. The van der Waals surface area contributed by atoms with Gasteiger partial charge in [-0.2, -0.15) is 0 Å². The number of ether oxygens (including phenoxy) is 4. The number of unbranched alkanes of at least 4 members (excludes halogenated alkanes) is 6. The summed E-state index contributed by atoms with van der Waals surface area (Å²) in [6.45, 7) is 2.08. The fraction of sp³-hybridized carbons (Fsp3) is 0.333. The molecule has 0 fully saturated rings. The van der Waals surface area contributed by atoms with E-state index in [0.29, 0.717) is 60.6 Å². The van der Waals surface area contributed by atoms with Gasteiger partial charge in [0.1, 0.15) is 22.8 Å². The minimum Gasteiger partial charge on any atom is -0.494 e. The number of anilines is 2. The second-order valence-corrected chi connectivity index (χ2v) is 13.6. The van der Waals surface area contributed by atoms with E-state index in [-0.39, 0.29) is 5.69 Å². The van der Waals surface area contributed by atoms with Gasteiger partial charge in [-0.3, -0.25) is 10.1 Å². The standard InChI is InChI=1S/C42H50N6O6/c43-29-21-22-42(39(45)27-29,54-26-10-4-3-8-24-52-32-17-18-34-33-11-5-6-12-36(33)47-37(34)28-32)40-35(44)19-20-38(41(40)46)53-25-9-2-1-7-23-51-31-15-13-30(14-16-31)48(49)50/h5-6,11-22,27-28,39,47H,1-4,7-10,23-26,43-46H2. The molecule has 1 aliphatic carbocycles. The van der Waals surface area contributed by atoms with Crippen LogP contribution in [0.2, 0.25) is 0 Å². The summed E-state index contributed by atoms with van der Waals surface area (Å²) in [5, 5.41) is 13.2. The second kappa shape index (κ2) is 17.9. The molecule has 4 aromatic carbocycles. The third-order valence-electron chi connectivity index (χ3n) is 9.76. The molecule has 0 saturated carbocycles. The number of nitrogens with two attached hydrogens (primary N) is 4. The Morgan fingerprint density at radius 3 is 2.04 bits per heavy atom. The first-order chi connectivity index (χ1) is 26.2. The molecular formula is C42H50N6O6. The van der Waals surface area contributed by atoms with Crippen LogP contribution in [0.3, 0.4) is 0 Å². The van der Waals surface area contributed by atoms with E-state index in [1.165, 1.54) is 22.9 Å². The lowest BCUT2D eigenvalue weighted by Crippen LogP contribution is -2.48. The third-order valence-corrected chi connectivity index (χ3v) is 9.76. The Morgan fingerprint density at radius 2 is 1.33 bits per heavy atom. The summed E-state index contributed by atoms with van der Waals surface area (Å²) in [6.07, 6.45) is 12.6. The number of nitro groups is 1. The molecule has 2 unspecified atom stereocenters.